The number of amides is 1. The monoisotopic (exact) mass is 437 g/mol. The standard InChI is InChI=1S/C20H23N9O3/c1-31-15-4-2-3-14(9-15)25-19-18-13(5-8-29(18)24-12-23-19)10-28-7-6-16(26-27-22)17(11-28)32-20(21)30/h2-5,8-9,12,16-17H,6-7,10-11H2,1H3,(H2,21,30)(H,23,24,25)/t16-,17-/m1/s1. The highest BCUT2D eigenvalue weighted by molar-refractivity contribution is 5.76. The third-order valence-corrected chi connectivity index (χ3v) is 5.34. The molecular weight excluding hydrogens is 414 g/mol. The molecule has 12 heteroatoms. The van der Waals surface area contributed by atoms with Gasteiger partial charge in [-0.05, 0) is 42.3 Å². The van der Waals surface area contributed by atoms with Crippen LogP contribution in [-0.2, 0) is 11.3 Å². The smallest absolute Gasteiger partial charge is 0.404 e. The van der Waals surface area contributed by atoms with E-state index >= 15 is 0 Å². The zero-order valence-electron chi connectivity index (χ0n) is 17.5. The number of fused-ring (bicyclic) bond motifs is 1. The van der Waals surface area contributed by atoms with Crippen LogP contribution in [0.15, 0.2) is 48.0 Å². The molecule has 0 aliphatic carbocycles. The normalized spacial score (nSPS) is 18.7. The highest BCUT2D eigenvalue weighted by atomic mass is 16.6. The van der Waals surface area contributed by atoms with E-state index in [2.05, 4.69) is 30.3 Å². The number of nitrogens with two attached hydrogens (primary N) is 1. The second-order valence-corrected chi connectivity index (χ2v) is 7.37. The van der Waals surface area contributed by atoms with Gasteiger partial charge in [0.05, 0.1) is 13.2 Å². The van der Waals surface area contributed by atoms with Crippen molar-refractivity contribution in [3.05, 3.63) is 58.9 Å². The van der Waals surface area contributed by atoms with E-state index < -0.39 is 18.2 Å². The molecule has 0 unspecified atom stereocenters. The van der Waals surface area contributed by atoms with E-state index in [1.165, 1.54) is 6.33 Å². The Morgan fingerprint density at radius 3 is 3.09 bits per heavy atom. The summed E-state index contributed by atoms with van der Waals surface area (Å²) in [6.45, 7) is 1.64. The predicted octanol–water partition coefficient (Wildman–Crippen LogP) is 2.83. The fraction of sp³-hybridized carbons (Fsp3) is 0.350. The number of nitrogens with zero attached hydrogens (tertiary/aromatic N) is 7. The molecule has 0 saturated carbocycles. The summed E-state index contributed by atoms with van der Waals surface area (Å²) in [5.41, 5.74) is 16.7. The minimum Gasteiger partial charge on any atom is -0.497 e. The Balaban J connectivity index is 1.57. The lowest BCUT2D eigenvalue weighted by molar-refractivity contribution is 0.0315. The van der Waals surface area contributed by atoms with Crippen LogP contribution in [0.5, 0.6) is 5.75 Å². The van der Waals surface area contributed by atoms with Crippen LogP contribution in [-0.4, -0.2) is 57.9 Å². The number of primary amides is 1. The fourth-order valence-corrected chi connectivity index (χ4v) is 3.89. The van der Waals surface area contributed by atoms with Gasteiger partial charge >= 0.3 is 6.09 Å². The van der Waals surface area contributed by atoms with E-state index in [1.807, 2.05) is 36.5 Å². The Labute approximate surface area is 183 Å². The molecule has 0 bridgehead atoms. The van der Waals surface area contributed by atoms with Crippen molar-refractivity contribution in [1.29, 1.82) is 0 Å². The minimum atomic E-state index is -0.887. The maximum Gasteiger partial charge on any atom is 0.404 e. The van der Waals surface area contributed by atoms with E-state index in [-0.39, 0.29) is 0 Å². The van der Waals surface area contributed by atoms with E-state index in [0.717, 1.165) is 22.5 Å². The maximum absolute atomic E-state index is 11.3. The lowest BCUT2D eigenvalue weighted by Gasteiger charge is -2.35. The SMILES string of the molecule is COc1cccc(Nc2ncnn3ccc(CN4CC[C@@H](N=[N+]=[N-])[C@H](OC(N)=O)C4)c23)c1. The highest BCUT2D eigenvalue weighted by Gasteiger charge is 2.31. The van der Waals surface area contributed by atoms with Gasteiger partial charge in [-0.3, -0.25) is 4.90 Å². The van der Waals surface area contributed by atoms with Crippen LogP contribution in [0.4, 0.5) is 16.3 Å². The van der Waals surface area contributed by atoms with Crippen molar-refractivity contribution in [2.45, 2.75) is 25.1 Å². The molecule has 2 atom stereocenters. The molecular formula is C20H23N9O3. The summed E-state index contributed by atoms with van der Waals surface area (Å²) in [4.78, 5) is 20.7. The minimum absolute atomic E-state index is 0.399. The molecule has 1 aliphatic rings. The first-order valence-corrected chi connectivity index (χ1v) is 10.0. The summed E-state index contributed by atoms with van der Waals surface area (Å²) in [6, 6.07) is 9.11. The Morgan fingerprint density at radius 1 is 1.44 bits per heavy atom. The van der Waals surface area contributed by atoms with Gasteiger partial charge in [-0.25, -0.2) is 14.3 Å². The summed E-state index contributed by atoms with van der Waals surface area (Å²) < 4.78 is 12.2. The van der Waals surface area contributed by atoms with Crippen LogP contribution in [0.3, 0.4) is 0 Å². The van der Waals surface area contributed by atoms with Gasteiger partial charge in [-0.2, -0.15) is 5.10 Å². The molecule has 3 N–H and O–H groups in total. The summed E-state index contributed by atoms with van der Waals surface area (Å²) >= 11 is 0. The van der Waals surface area contributed by atoms with Crippen molar-refractivity contribution in [3.8, 4) is 5.75 Å². The molecule has 3 aromatic rings. The summed E-state index contributed by atoms with van der Waals surface area (Å²) in [6.07, 6.45) is 2.42. The van der Waals surface area contributed by atoms with Gasteiger partial charge in [-0.1, -0.05) is 11.2 Å². The Kier molecular flexibility index (Phi) is 6.24. The van der Waals surface area contributed by atoms with Gasteiger partial charge in [0.25, 0.3) is 0 Å². The lowest BCUT2D eigenvalue weighted by atomic mass is 10.0. The average Bonchev–Trinajstić information content (AvgIpc) is 3.19. The van der Waals surface area contributed by atoms with Crippen LogP contribution in [0.1, 0.15) is 12.0 Å². The molecule has 32 heavy (non-hydrogen) atoms. The Morgan fingerprint density at radius 2 is 2.31 bits per heavy atom. The maximum atomic E-state index is 11.3. The average molecular weight is 437 g/mol. The van der Waals surface area contributed by atoms with Gasteiger partial charge in [-0.15, -0.1) is 0 Å². The molecule has 1 aliphatic heterocycles. The van der Waals surface area contributed by atoms with E-state index in [4.69, 9.17) is 20.7 Å². The molecule has 1 fully saturated rings. The van der Waals surface area contributed by atoms with Gasteiger partial charge < -0.3 is 20.5 Å². The summed E-state index contributed by atoms with van der Waals surface area (Å²) in [5, 5.41) is 11.4. The van der Waals surface area contributed by atoms with Crippen molar-refractivity contribution in [1.82, 2.24) is 19.5 Å². The number of carbonyl (C=O) groups excluding carboxylic acids is 1. The number of ether oxygens (including phenoxy) is 2. The molecule has 1 saturated heterocycles. The molecule has 2 aromatic heterocycles. The highest BCUT2D eigenvalue weighted by Crippen LogP contribution is 2.27. The first-order chi connectivity index (χ1) is 15.6. The molecule has 0 spiro atoms. The molecule has 12 nitrogen and oxygen atoms in total. The van der Waals surface area contributed by atoms with Crippen LogP contribution in [0, 0.1) is 0 Å². The fourth-order valence-electron chi connectivity index (χ4n) is 3.89. The van der Waals surface area contributed by atoms with Gasteiger partial charge in [0, 0.05) is 36.0 Å². The number of carbonyl (C=O) groups is 1. The second kappa shape index (κ2) is 9.41. The van der Waals surface area contributed by atoms with Crippen LogP contribution in [0.25, 0.3) is 16.0 Å². The van der Waals surface area contributed by atoms with E-state index in [1.54, 1.807) is 11.6 Å². The number of benzene rings is 1. The second-order valence-electron chi connectivity index (χ2n) is 7.37. The van der Waals surface area contributed by atoms with Crippen LogP contribution >= 0.6 is 0 Å². The lowest BCUT2D eigenvalue weighted by Crippen LogP contribution is -2.48. The zero-order valence-corrected chi connectivity index (χ0v) is 17.5. The number of piperidine rings is 1. The largest absolute Gasteiger partial charge is 0.497 e. The number of anilines is 2. The molecule has 4 rings (SSSR count). The van der Waals surface area contributed by atoms with Crippen molar-refractivity contribution in [3.63, 3.8) is 0 Å². The number of aromatic nitrogens is 3. The molecule has 3 heterocycles. The van der Waals surface area contributed by atoms with Gasteiger partial charge in [0.15, 0.2) is 5.82 Å². The molecule has 1 amide bonds. The topological polar surface area (TPSA) is 156 Å². The van der Waals surface area contributed by atoms with Crippen molar-refractivity contribution < 1.29 is 14.3 Å². The Hall–Kier alpha value is -4.02. The number of azide groups is 1. The van der Waals surface area contributed by atoms with Crippen molar-refractivity contribution in [2.24, 2.45) is 10.8 Å². The summed E-state index contributed by atoms with van der Waals surface area (Å²) in [5.74, 6) is 1.39. The van der Waals surface area contributed by atoms with E-state index in [0.29, 0.717) is 31.9 Å². The summed E-state index contributed by atoms with van der Waals surface area (Å²) in [7, 11) is 1.62. The number of likely N-dealkylation sites (tertiary alicyclic amines) is 1. The van der Waals surface area contributed by atoms with Crippen LogP contribution in [0.2, 0.25) is 0 Å². The first kappa shape index (κ1) is 21.2. The quantitative estimate of drug-likeness (QED) is 0.327. The number of nitrogens with one attached hydrogen (secondary N) is 1. The first-order valence-electron chi connectivity index (χ1n) is 10.0. The third-order valence-electron chi connectivity index (χ3n) is 5.34. The van der Waals surface area contributed by atoms with Gasteiger partial charge in [0.2, 0.25) is 0 Å². The Bertz CT molecular complexity index is 1160. The van der Waals surface area contributed by atoms with E-state index in [9.17, 15) is 4.79 Å². The number of hydrogen-bond acceptors (Lipinski definition) is 8. The number of methoxy groups -OCH3 is 1. The third kappa shape index (κ3) is 4.66. The van der Waals surface area contributed by atoms with Gasteiger partial charge in [0.1, 0.15) is 23.7 Å². The van der Waals surface area contributed by atoms with Crippen molar-refractivity contribution in [2.75, 3.05) is 25.5 Å². The van der Waals surface area contributed by atoms with Crippen molar-refractivity contribution >= 4 is 23.1 Å². The predicted molar refractivity (Wildman–Crippen MR) is 117 cm³/mol. The molecule has 1 aromatic carbocycles. The van der Waals surface area contributed by atoms with Crippen LogP contribution < -0.4 is 15.8 Å². The number of rotatable bonds is 7. The number of hydrogen-bond donors (Lipinski definition) is 2. The molecule has 0 radical (unpaired) electrons. The molecule has 166 valence electrons. The zero-order chi connectivity index (χ0) is 22.5.